The van der Waals surface area contributed by atoms with Gasteiger partial charge in [0.1, 0.15) is 6.15 Å². The second-order valence-corrected chi connectivity index (χ2v) is 14.0. The average molecular weight is 667 g/mol. The van der Waals surface area contributed by atoms with Gasteiger partial charge in [-0.05, 0) is 29.9 Å². The monoisotopic (exact) mass is 666 g/mol. The Hall–Kier alpha value is -5.48. The second kappa shape index (κ2) is 16.5. The van der Waals surface area contributed by atoms with Crippen molar-refractivity contribution in [3.63, 3.8) is 0 Å². The minimum atomic E-state index is -1.22. The zero-order chi connectivity index (χ0) is 34.7. The molecule has 2 aliphatic rings. The van der Waals surface area contributed by atoms with Crippen LogP contribution in [0.4, 0.5) is 0 Å². The summed E-state index contributed by atoms with van der Waals surface area (Å²) in [6.45, 7) is 3.39. The summed E-state index contributed by atoms with van der Waals surface area (Å²) in [5.41, 5.74) is 8.55. The highest BCUT2D eigenvalue weighted by molar-refractivity contribution is 7.19. The lowest BCUT2D eigenvalue weighted by Crippen LogP contribution is -2.74. The average Bonchev–Trinajstić information content (AvgIpc) is 3.42. The third-order valence-electron chi connectivity index (χ3n) is 10.8. The maximum Gasteiger partial charge on any atom is 0.244 e. The smallest absolute Gasteiger partial charge is 0.244 e. The highest BCUT2D eigenvalue weighted by Crippen LogP contribution is 2.24. The van der Waals surface area contributed by atoms with Crippen LogP contribution in [0.15, 0.2) is 176 Å². The van der Waals surface area contributed by atoms with Crippen molar-refractivity contribution in [2.24, 2.45) is 5.92 Å². The first-order chi connectivity index (χ1) is 25.2. The molecule has 51 heavy (non-hydrogen) atoms. The molecule has 1 N–H and O–H groups in total. The summed E-state index contributed by atoms with van der Waals surface area (Å²) < 4.78 is 2.49. The Labute approximate surface area is 303 Å². The Kier molecular flexibility index (Phi) is 11.0. The van der Waals surface area contributed by atoms with Crippen LogP contribution in [-0.2, 0) is 0 Å². The van der Waals surface area contributed by atoms with E-state index in [0.717, 1.165) is 37.1 Å². The van der Waals surface area contributed by atoms with Crippen molar-refractivity contribution in [3.05, 3.63) is 181 Å². The van der Waals surface area contributed by atoms with Crippen LogP contribution in [-0.4, -0.2) is 42.0 Å². The lowest BCUT2D eigenvalue weighted by atomic mass is 9.13. The van der Waals surface area contributed by atoms with Crippen molar-refractivity contribution in [3.8, 4) is 11.1 Å². The normalized spacial score (nSPS) is 15.7. The maximum absolute atomic E-state index is 12.8. The van der Waals surface area contributed by atoms with Gasteiger partial charge in [-0.2, -0.15) is 21.9 Å². The van der Waals surface area contributed by atoms with Crippen molar-refractivity contribution in [2.75, 3.05) is 19.6 Å². The molecule has 2 heterocycles. The third kappa shape index (κ3) is 7.81. The maximum atomic E-state index is 12.8. The molecule has 8 rings (SSSR count). The molecule has 0 saturated carbocycles. The van der Waals surface area contributed by atoms with E-state index in [9.17, 15) is 4.79 Å². The Morgan fingerprint density at radius 2 is 0.980 bits per heavy atom. The molecule has 0 amide bonds. The molecule has 1 atom stereocenters. The molecule has 0 aromatic heterocycles. The van der Waals surface area contributed by atoms with E-state index in [1.165, 1.54) is 52.6 Å². The molecule has 6 aromatic carbocycles. The van der Waals surface area contributed by atoms with E-state index in [-0.39, 0.29) is 5.78 Å². The van der Waals surface area contributed by atoms with Crippen molar-refractivity contribution >= 4 is 39.6 Å². The molecule has 4 heteroatoms. The summed E-state index contributed by atoms with van der Waals surface area (Å²) in [5, 5.41) is 3.56. The van der Waals surface area contributed by atoms with Gasteiger partial charge in [0.05, 0.1) is 26.1 Å². The molecule has 1 unspecified atom stereocenters. The molecule has 0 bridgehead atoms. The Morgan fingerprint density at radius 3 is 1.47 bits per heavy atom. The van der Waals surface area contributed by atoms with Crippen LogP contribution in [0.5, 0.6) is 0 Å². The SMILES string of the molecule is O=C(CC1CCC[N+]2=C(C1)NCCC2)c1ccc(-c2ccccc2)cc1.c1ccc([B-](c2ccccc2)(c2ccccc2)c2ccccc2)cc1. The fraction of sp³-hybridized carbons (Fsp3) is 0.191. The van der Waals surface area contributed by atoms with Crippen LogP contribution in [0.1, 0.15) is 42.5 Å². The number of nitrogens with one attached hydrogen (secondary N) is 1. The summed E-state index contributed by atoms with van der Waals surface area (Å²) in [5.74, 6) is 2.10. The first-order valence-electron chi connectivity index (χ1n) is 18.6. The predicted octanol–water partition coefficient (Wildman–Crippen LogP) is 7.19. The number of benzene rings is 6. The largest absolute Gasteiger partial charge is 0.294 e. The number of hydrogen-bond donors (Lipinski definition) is 1. The molecule has 0 aliphatic carbocycles. The lowest BCUT2D eigenvalue weighted by molar-refractivity contribution is -0.534. The number of ketones is 1. The molecule has 0 radical (unpaired) electrons. The quantitative estimate of drug-likeness (QED) is 0.106. The van der Waals surface area contributed by atoms with E-state index in [2.05, 4.69) is 155 Å². The van der Waals surface area contributed by atoms with Crippen molar-refractivity contribution in [1.82, 2.24) is 5.32 Å². The van der Waals surface area contributed by atoms with E-state index in [0.29, 0.717) is 12.3 Å². The van der Waals surface area contributed by atoms with E-state index in [1.807, 2.05) is 30.3 Å². The van der Waals surface area contributed by atoms with Crippen LogP contribution in [0.3, 0.4) is 0 Å². The molecule has 3 nitrogen and oxygen atoms in total. The van der Waals surface area contributed by atoms with E-state index < -0.39 is 6.15 Å². The van der Waals surface area contributed by atoms with Crippen LogP contribution in [0, 0.1) is 5.92 Å². The van der Waals surface area contributed by atoms with Gasteiger partial charge in [0.2, 0.25) is 5.84 Å². The first-order valence-corrected chi connectivity index (χ1v) is 18.6. The van der Waals surface area contributed by atoms with E-state index >= 15 is 0 Å². The summed E-state index contributed by atoms with van der Waals surface area (Å²) in [7, 11) is 0. The van der Waals surface area contributed by atoms with Gasteiger partial charge in [-0.1, -0.05) is 176 Å². The second-order valence-electron chi connectivity index (χ2n) is 14.0. The molecular formula is C47H47BN2O. The number of hydrogen-bond acceptors (Lipinski definition) is 2. The number of rotatable bonds is 8. The Balaban J connectivity index is 0.000000159. The van der Waals surface area contributed by atoms with Gasteiger partial charge < -0.3 is 0 Å². The van der Waals surface area contributed by atoms with Crippen LogP contribution in [0.2, 0.25) is 0 Å². The molecule has 254 valence electrons. The van der Waals surface area contributed by atoms with Gasteiger partial charge in [-0.15, -0.1) is 0 Å². The number of Topliss-reactive ketones (excluding diaryl/α,β-unsaturated/α-hetero) is 1. The number of nitrogens with zero attached hydrogens (tertiary/aromatic N) is 1. The van der Waals surface area contributed by atoms with Crippen LogP contribution >= 0.6 is 0 Å². The summed E-state index contributed by atoms with van der Waals surface area (Å²) in [4.78, 5) is 12.8. The van der Waals surface area contributed by atoms with Gasteiger partial charge in [0, 0.05) is 18.4 Å². The number of carbonyl (C=O) groups excluding carboxylic acids is 1. The van der Waals surface area contributed by atoms with Gasteiger partial charge >= 0.3 is 0 Å². The highest BCUT2D eigenvalue weighted by Gasteiger charge is 2.31. The standard InChI is InChI=1S/C24H20B.C23H26N2O/c1-5-13-21(14-6-1)25(22-15-7-2-8-16-22,23-17-9-3-10-18-23)24-19-11-4-12-20-24;26-22(16-18-6-4-14-25-15-5-13-24-23(25)17-18)21-11-9-20(10-12-21)19-7-2-1-3-8-19/h1-20H;1-3,7-12,18H,4-6,13-17H2/q-1;/p+1. The lowest BCUT2D eigenvalue weighted by Gasteiger charge is -2.44. The Morgan fingerprint density at radius 1 is 0.549 bits per heavy atom. The van der Waals surface area contributed by atoms with E-state index in [1.54, 1.807) is 0 Å². The number of amidine groups is 1. The summed E-state index contributed by atoms with van der Waals surface area (Å²) >= 11 is 0. The molecule has 0 fully saturated rings. The first kappa shape index (κ1) is 34.0. The van der Waals surface area contributed by atoms with Crippen LogP contribution < -0.4 is 27.2 Å². The molecule has 0 saturated heterocycles. The fourth-order valence-corrected chi connectivity index (χ4v) is 8.30. The predicted molar refractivity (Wildman–Crippen MR) is 216 cm³/mol. The summed E-state index contributed by atoms with van der Waals surface area (Å²) in [6, 6.07) is 61.9. The van der Waals surface area contributed by atoms with Gasteiger partial charge in [0.25, 0.3) is 0 Å². The molecule has 2 aliphatic heterocycles. The van der Waals surface area contributed by atoms with Crippen molar-refractivity contribution < 1.29 is 9.37 Å². The fourth-order valence-electron chi connectivity index (χ4n) is 8.30. The van der Waals surface area contributed by atoms with Crippen molar-refractivity contribution in [2.45, 2.75) is 32.1 Å². The highest BCUT2D eigenvalue weighted by atomic mass is 16.1. The van der Waals surface area contributed by atoms with Gasteiger partial charge in [-0.3, -0.25) is 14.7 Å². The van der Waals surface area contributed by atoms with Crippen LogP contribution in [0.25, 0.3) is 11.1 Å². The zero-order valence-corrected chi connectivity index (χ0v) is 29.4. The van der Waals surface area contributed by atoms with Crippen molar-refractivity contribution in [1.29, 1.82) is 0 Å². The number of carbonyl (C=O) groups is 1. The van der Waals surface area contributed by atoms with E-state index in [4.69, 9.17) is 0 Å². The molecule has 0 spiro atoms. The van der Waals surface area contributed by atoms with Gasteiger partial charge in [0.15, 0.2) is 5.78 Å². The summed E-state index contributed by atoms with van der Waals surface area (Å²) in [6.07, 6.45) is 4.02. The third-order valence-corrected chi connectivity index (χ3v) is 10.8. The minimum Gasteiger partial charge on any atom is -0.294 e. The molecule has 6 aromatic rings. The Bertz CT molecular complexity index is 1850. The zero-order valence-electron chi connectivity index (χ0n) is 29.4. The van der Waals surface area contributed by atoms with Gasteiger partial charge in [-0.25, -0.2) is 0 Å². The topological polar surface area (TPSA) is 32.1 Å². The molecular weight excluding hydrogens is 619 g/mol. The minimum absolute atomic E-state index is 0.277.